The van der Waals surface area contributed by atoms with E-state index in [1.807, 2.05) is 60.7 Å². The zero-order chi connectivity index (χ0) is 24.1. The summed E-state index contributed by atoms with van der Waals surface area (Å²) in [5.74, 6) is 1.50. The van der Waals surface area contributed by atoms with E-state index in [1.165, 1.54) is 0 Å². The van der Waals surface area contributed by atoms with Crippen LogP contribution in [0.2, 0.25) is 0 Å². The summed E-state index contributed by atoms with van der Waals surface area (Å²) in [6.45, 7) is 3.68. The maximum Gasteiger partial charge on any atom is 0.292 e. The minimum absolute atomic E-state index is 0.0462. The van der Waals surface area contributed by atoms with Crippen molar-refractivity contribution >= 4 is 17.1 Å². The van der Waals surface area contributed by atoms with Crippen molar-refractivity contribution in [2.75, 3.05) is 57.7 Å². The number of nitro benzene ring substituents is 1. The second kappa shape index (κ2) is 10.4. The molecule has 1 saturated heterocycles. The SMILES string of the molecule is COc1ccc(C(Nc2cc(N3CCN(C)CC3)ccc2[N+](=O)[O-])c2ccc(OC)cc2)cc1. The highest BCUT2D eigenvalue weighted by atomic mass is 16.6. The number of hydrogen-bond donors (Lipinski definition) is 1. The van der Waals surface area contributed by atoms with Crippen LogP contribution in [0.3, 0.4) is 0 Å². The van der Waals surface area contributed by atoms with Crippen LogP contribution in [0, 0.1) is 10.1 Å². The largest absolute Gasteiger partial charge is 0.497 e. The van der Waals surface area contributed by atoms with Gasteiger partial charge in [0.2, 0.25) is 0 Å². The van der Waals surface area contributed by atoms with Crippen molar-refractivity contribution in [3.8, 4) is 11.5 Å². The minimum Gasteiger partial charge on any atom is -0.497 e. The first-order valence-corrected chi connectivity index (χ1v) is 11.2. The number of nitrogens with zero attached hydrogens (tertiary/aromatic N) is 3. The fraction of sp³-hybridized carbons (Fsp3) is 0.308. The smallest absolute Gasteiger partial charge is 0.292 e. The van der Waals surface area contributed by atoms with Gasteiger partial charge in [0.05, 0.1) is 25.2 Å². The fourth-order valence-corrected chi connectivity index (χ4v) is 4.17. The third kappa shape index (κ3) is 5.23. The van der Waals surface area contributed by atoms with Crippen LogP contribution in [-0.2, 0) is 0 Å². The zero-order valence-corrected chi connectivity index (χ0v) is 19.7. The second-order valence-electron chi connectivity index (χ2n) is 8.37. The molecule has 0 unspecified atom stereocenters. The lowest BCUT2D eigenvalue weighted by molar-refractivity contribution is -0.384. The van der Waals surface area contributed by atoms with Gasteiger partial charge in [-0.2, -0.15) is 0 Å². The molecular weight excluding hydrogens is 432 g/mol. The highest BCUT2D eigenvalue weighted by molar-refractivity contribution is 5.70. The van der Waals surface area contributed by atoms with E-state index in [0.717, 1.165) is 54.5 Å². The van der Waals surface area contributed by atoms with Gasteiger partial charge >= 0.3 is 0 Å². The number of methoxy groups -OCH3 is 2. The van der Waals surface area contributed by atoms with Crippen LogP contribution in [0.4, 0.5) is 17.1 Å². The molecule has 0 saturated carbocycles. The van der Waals surface area contributed by atoms with Crippen LogP contribution >= 0.6 is 0 Å². The van der Waals surface area contributed by atoms with Gasteiger partial charge in [0.15, 0.2) is 0 Å². The molecule has 8 heteroatoms. The maximum atomic E-state index is 11.9. The monoisotopic (exact) mass is 462 g/mol. The van der Waals surface area contributed by atoms with Gasteiger partial charge in [-0.25, -0.2) is 0 Å². The summed E-state index contributed by atoms with van der Waals surface area (Å²) in [6, 6.07) is 20.5. The highest BCUT2D eigenvalue weighted by Crippen LogP contribution is 2.36. The van der Waals surface area contributed by atoms with Gasteiger partial charge in [-0.1, -0.05) is 24.3 Å². The molecule has 0 aromatic heterocycles. The average molecular weight is 463 g/mol. The number of ether oxygens (including phenoxy) is 2. The molecule has 0 amide bonds. The molecule has 0 spiro atoms. The number of nitro groups is 1. The van der Waals surface area contributed by atoms with Crippen molar-refractivity contribution in [2.45, 2.75) is 6.04 Å². The van der Waals surface area contributed by atoms with E-state index >= 15 is 0 Å². The molecule has 3 aromatic carbocycles. The third-order valence-electron chi connectivity index (χ3n) is 6.24. The number of likely N-dealkylation sites (N-methyl/N-ethyl adjacent to an activating group) is 1. The number of rotatable bonds is 8. The van der Waals surface area contributed by atoms with Crippen molar-refractivity contribution in [1.82, 2.24) is 4.90 Å². The van der Waals surface area contributed by atoms with E-state index in [4.69, 9.17) is 9.47 Å². The Kier molecular flexibility index (Phi) is 7.18. The highest BCUT2D eigenvalue weighted by Gasteiger charge is 2.23. The molecule has 0 bridgehead atoms. The van der Waals surface area contributed by atoms with E-state index in [9.17, 15) is 10.1 Å². The lowest BCUT2D eigenvalue weighted by Gasteiger charge is -2.34. The molecule has 8 nitrogen and oxygen atoms in total. The number of anilines is 2. The van der Waals surface area contributed by atoms with Crippen LogP contribution in [0.5, 0.6) is 11.5 Å². The quantitative estimate of drug-likeness (QED) is 0.388. The van der Waals surface area contributed by atoms with Crippen LogP contribution in [-0.4, -0.2) is 57.3 Å². The standard InChI is InChI=1S/C26H30N4O4/c1-28-14-16-29(17-15-28)21-8-13-25(30(31)32)24(18-21)27-26(19-4-9-22(33-2)10-5-19)20-6-11-23(34-3)12-7-20/h4-13,18,26-27H,14-17H2,1-3H3. The van der Waals surface area contributed by atoms with Gasteiger partial charge < -0.3 is 24.6 Å². The number of benzene rings is 3. The molecule has 0 atom stereocenters. The fourth-order valence-electron chi connectivity index (χ4n) is 4.17. The molecule has 0 radical (unpaired) electrons. The average Bonchev–Trinajstić information content (AvgIpc) is 2.87. The van der Waals surface area contributed by atoms with Gasteiger partial charge in [-0.15, -0.1) is 0 Å². The van der Waals surface area contributed by atoms with Crippen LogP contribution in [0.1, 0.15) is 17.2 Å². The lowest BCUT2D eigenvalue weighted by Crippen LogP contribution is -2.44. The first-order valence-electron chi connectivity index (χ1n) is 11.2. The molecule has 1 aliphatic rings. The second-order valence-corrected chi connectivity index (χ2v) is 8.37. The Morgan fingerprint density at radius 2 is 1.38 bits per heavy atom. The molecule has 3 aromatic rings. The van der Waals surface area contributed by atoms with Crippen LogP contribution in [0.15, 0.2) is 66.7 Å². The number of nitrogens with one attached hydrogen (secondary N) is 1. The minimum atomic E-state index is -0.338. The van der Waals surface area contributed by atoms with E-state index < -0.39 is 0 Å². The van der Waals surface area contributed by atoms with Gasteiger partial charge in [0.25, 0.3) is 5.69 Å². The van der Waals surface area contributed by atoms with Crippen molar-refractivity contribution in [2.24, 2.45) is 0 Å². The first-order chi connectivity index (χ1) is 16.5. The third-order valence-corrected chi connectivity index (χ3v) is 6.24. The Labute approximate surface area is 199 Å². The summed E-state index contributed by atoms with van der Waals surface area (Å²) in [6.07, 6.45) is 0. The Morgan fingerprint density at radius 3 is 1.85 bits per heavy atom. The molecular formula is C26H30N4O4. The number of hydrogen-bond acceptors (Lipinski definition) is 7. The summed E-state index contributed by atoms with van der Waals surface area (Å²) in [4.78, 5) is 16.1. The topological polar surface area (TPSA) is 80.1 Å². The van der Waals surface area contributed by atoms with Gasteiger partial charge in [-0.3, -0.25) is 10.1 Å². The molecule has 1 aliphatic heterocycles. The Balaban J connectivity index is 1.72. The van der Waals surface area contributed by atoms with E-state index in [1.54, 1.807) is 20.3 Å². The van der Waals surface area contributed by atoms with Crippen LogP contribution in [0.25, 0.3) is 0 Å². The molecule has 4 rings (SSSR count). The van der Waals surface area contributed by atoms with E-state index in [2.05, 4.69) is 22.2 Å². The zero-order valence-electron chi connectivity index (χ0n) is 19.7. The normalized spacial score (nSPS) is 14.2. The molecule has 1 fully saturated rings. The summed E-state index contributed by atoms with van der Waals surface area (Å²) in [5, 5.41) is 15.4. The predicted octanol–water partition coefficient (Wildman–Crippen LogP) is 4.57. The molecule has 178 valence electrons. The van der Waals surface area contributed by atoms with Gasteiger partial charge in [0.1, 0.15) is 17.2 Å². The maximum absolute atomic E-state index is 11.9. The summed E-state index contributed by atoms with van der Waals surface area (Å²) >= 11 is 0. The molecule has 1 N–H and O–H groups in total. The lowest BCUT2D eigenvalue weighted by atomic mass is 9.97. The first kappa shape index (κ1) is 23.4. The van der Waals surface area contributed by atoms with Crippen molar-refractivity contribution in [1.29, 1.82) is 0 Å². The summed E-state index contributed by atoms with van der Waals surface area (Å²) in [7, 11) is 5.36. The van der Waals surface area contributed by atoms with Crippen LogP contribution < -0.4 is 19.7 Å². The van der Waals surface area contributed by atoms with Gasteiger partial charge in [-0.05, 0) is 54.6 Å². The Bertz CT molecular complexity index is 1060. The summed E-state index contributed by atoms with van der Waals surface area (Å²) in [5.41, 5.74) is 3.43. The predicted molar refractivity (Wildman–Crippen MR) is 134 cm³/mol. The van der Waals surface area contributed by atoms with Crippen molar-refractivity contribution in [3.05, 3.63) is 88.0 Å². The van der Waals surface area contributed by atoms with Gasteiger partial charge in [0, 0.05) is 37.9 Å². The van der Waals surface area contributed by atoms with E-state index in [-0.39, 0.29) is 16.7 Å². The Hall–Kier alpha value is -3.78. The molecule has 1 heterocycles. The molecule has 34 heavy (non-hydrogen) atoms. The van der Waals surface area contributed by atoms with E-state index in [0.29, 0.717) is 5.69 Å². The van der Waals surface area contributed by atoms with Crippen molar-refractivity contribution in [3.63, 3.8) is 0 Å². The summed E-state index contributed by atoms with van der Waals surface area (Å²) < 4.78 is 10.6. The Morgan fingerprint density at radius 1 is 0.853 bits per heavy atom. The number of piperazine rings is 1. The van der Waals surface area contributed by atoms with Crippen molar-refractivity contribution < 1.29 is 14.4 Å². The molecule has 0 aliphatic carbocycles.